The van der Waals surface area contributed by atoms with Crippen LogP contribution in [-0.4, -0.2) is 24.4 Å². The van der Waals surface area contributed by atoms with Gasteiger partial charge in [0.1, 0.15) is 5.75 Å². The van der Waals surface area contributed by atoms with E-state index in [0.29, 0.717) is 11.2 Å². The van der Waals surface area contributed by atoms with Crippen LogP contribution in [0.4, 0.5) is 18.9 Å². The molecular weight excluding hydrogens is 350 g/mol. The maximum absolute atomic E-state index is 12.5. The summed E-state index contributed by atoms with van der Waals surface area (Å²) in [6, 6.07) is 9.87. The number of hydrogen-bond acceptors (Lipinski definition) is 4. The van der Waals surface area contributed by atoms with Gasteiger partial charge in [0.05, 0.1) is 11.2 Å². The Morgan fingerprint density at radius 2 is 1.92 bits per heavy atom. The Bertz CT molecular complexity index is 854. The van der Waals surface area contributed by atoms with Crippen LogP contribution in [0.5, 0.6) is 5.75 Å². The molecule has 0 fully saturated rings. The lowest BCUT2D eigenvalue weighted by Crippen LogP contribution is -2.29. The lowest BCUT2D eigenvalue weighted by Gasteiger charge is -2.19. The van der Waals surface area contributed by atoms with Crippen molar-refractivity contribution in [1.29, 1.82) is 0 Å². The molecule has 0 radical (unpaired) electrons. The van der Waals surface area contributed by atoms with Gasteiger partial charge in [-0.25, -0.2) is 0 Å². The number of para-hydroxylation sites is 1. The van der Waals surface area contributed by atoms with Gasteiger partial charge >= 0.3 is 13.5 Å². The number of anilines is 1. The molecule has 1 aliphatic rings. The van der Waals surface area contributed by atoms with Crippen LogP contribution in [0.15, 0.2) is 42.5 Å². The number of halogens is 3. The molecule has 26 heavy (non-hydrogen) atoms. The van der Waals surface area contributed by atoms with Crippen molar-refractivity contribution in [3.8, 4) is 5.75 Å². The van der Waals surface area contributed by atoms with E-state index in [-0.39, 0.29) is 5.56 Å². The first kappa shape index (κ1) is 18.3. The molecule has 9 heteroatoms. The first-order chi connectivity index (χ1) is 12.1. The number of rotatable bonds is 3. The first-order valence-corrected chi connectivity index (χ1v) is 7.73. The summed E-state index contributed by atoms with van der Waals surface area (Å²) in [5, 5.41) is 12.5. The number of amides is 1. The summed E-state index contributed by atoms with van der Waals surface area (Å²) in [5.74, 6) is -1.36. The molecule has 0 saturated heterocycles. The third-order valence-corrected chi connectivity index (χ3v) is 3.99. The predicted octanol–water partition coefficient (Wildman–Crippen LogP) is 2.79. The highest BCUT2D eigenvalue weighted by Gasteiger charge is 2.40. The first-order valence-electron chi connectivity index (χ1n) is 7.73. The topological polar surface area (TPSA) is 67.8 Å². The SMILES string of the molecule is CC1(C)OB(O)c2cc(NC(=O)c3ccccc3OC(F)(F)F)ccc21. The van der Waals surface area contributed by atoms with Gasteiger partial charge in [-0.1, -0.05) is 18.2 Å². The van der Waals surface area contributed by atoms with Gasteiger partial charge in [0.25, 0.3) is 5.91 Å². The van der Waals surface area contributed by atoms with Crippen molar-refractivity contribution < 1.29 is 32.4 Å². The summed E-state index contributed by atoms with van der Waals surface area (Å²) in [4.78, 5) is 12.4. The fraction of sp³-hybridized carbons (Fsp3) is 0.235. The fourth-order valence-corrected chi connectivity index (χ4v) is 2.87. The highest BCUT2D eigenvalue weighted by atomic mass is 19.4. The number of carbonyl (C=O) groups is 1. The Morgan fingerprint density at radius 1 is 1.23 bits per heavy atom. The third-order valence-electron chi connectivity index (χ3n) is 3.99. The smallest absolute Gasteiger partial charge is 0.423 e. The number of fused-ring (bicyclic) bond motifs is 1. The minimum absolute atomic E-state index is 0.262. The Morgan fingerprint density at radius 3 is 2.62 bits per heavy atom. The zero-order chi connectivity index (χ0) is 19.1. The number of nitrogens with one attached hydrogen (secondary N) is 1. The number of ether oxygens (including phenoxy) is 1. The van der Waals surface area contributed by atoms with Gasteiger partial charge in [0.2, 0.25) is 0 Å². The highest BCUT2D eigenvalue weighted by Crippen LogP contribution is 2.31. The molecule has 0 aliphatic carbocycles. The van der Waals surface area contributed by atoms with E-state index in [9.17, 15) is 23.0 Å². The van der Waals surface area contributed by atoms with Gasteiger partial charge < -0.3 is 19.7 Å². The van der Waals surface area contributed by atoms with Crippen molar-refractivity contribution in [3.05, 3.63) is 53.6 Å². The summed E-state index contributed by atoms with van der Waals surface area (Å²) in [6.45, 7) is 3.59. The molecule has 0 saturated carbocycles. The lowest BCUT2D eigenvalue weighted by atomic mass is 9.78. The summed E-state index contributed by atoms with van der Waals surface area (Å²) in [5.41, 5.74) is 0.638. The van der Waals surface area contributed by atoms with Crippen molar-refractivity contribution in [3.63, 3.8) is 0 Å². The van der Waals surface area contributed by atoms with Crippen LogP contribution in [0.25, 0.3) is 0 Å². The summed E-state index contributed by atoms with van der Waals surface area (Å²) in [6.07, 6.45) is -4.91. The minimum atomic E-state index is -4.91. The van der Waals surface area contributed by atoms with Crippen LogP contribution in [0.1, 0.15) is 29.8 Å². The van der Waals surface area contributed by atoms with Crippen molar-refractivity contribution in [2.45, 2.75) is 25.8 Å². The summed E-state index contributed by atoms with van der Waals surface area (Å²) < 4.78 is 46.8. The van der Waals surface area contributed by atoms with E-state index >= 15 is 0 Å². The number of carbonyl (C=O) groups excluding carboxylic acids is 1. The van der Waals surface area contributed by atoms with Crippen molar-refractivity contribution in [1.82, 2.24) is 0 Å². The van der Waals surface area contributed by atoms with Crippen LogP contribution >= 0.6 is 0 Å². The molecule has 0 unspecified atom stereocenters. The van der Waals surface area contributed by atoms with Gasteiger partial charge in [-0.05, 0) is 49.1 Å². The van der Waals surface area contributed by atoms with Gasteiger partial charge in [0.15, 0.2) is 0 Å². The van der Waals surface area contributed by atoms with E-state index in [2.05, 4.69) is 10.1 Å². The van der Waals surface area contributed by atoms with E-state index in [1.165, 1.54) is 24.3 Å². The molecule has 2 aromatic carbocycles. The van der Waals surface area contributed by atoms with Crippen molar-refractivity contribution >= 4 is 24.2 Å². The van der Waals surface area contributed by atoms with Crippen LogP contribution in [-0.2, 0) is 10.3 Å². The Balaban J connectivity index is 1.85. The summed E-state index contributed by atoms with van der Waals surface area (Å²) in [7, 11) is -1.14. The molecule has 3 rings (SSSR count). The average Bonchev–Trinajstić information content (AvgIpc) is 2.75. The second-order valence-electron chi connectivity index (χ2n) is 6.28. The molecule has 0 aromatic heterocycles. The van der Waals surface area contributed by atoms with E-state index < -0.39 is 30.7 Å². The van der Waals surface area contributed by atoms with Crippen LogP contribution in [0.3, 0.4) is 0 Å². The average molecular weight is 365 g/mol. The molecule has 5 nitrogen and oxygen atoms in total. The maximum Gasteiger partial charge on any atom is 0.573 e. The highest BCUT2D eigenvalue weighted by molar-refractivity contribution is 6.62. The van der Waals surface area contributed by atoms with Crippen LogP contribution in [0.2, 0.25) is 0 Å². The van der Waals surface area contributed by atoms with E-state index in [4.69, 9.17) is 4.65 Å². The lowest BCUT2D eigenvalue weighted by molar-refractivity contribution is -0.274. The zero-order valence-corrected chi connectivity index (χ0v) is 13.9. The molecular formula is C17H15BF3NO4. The predicted molar refractivity (Wildman–Crippen MR) is 89.2 cm³/mol. The molecule has 1 amide bonds. The monoisotopic (exact) mass is 365 g/mol. The molecule has 1 aliphatic heterocycles. The Labute approximate surface area is 147 Å². The number of alkyl halides is 3. The van der Waals surface area contributed by atoms with E-state index in [0.717, 1.165) is 11.6 Å². The van der Waals surface area contributed by atoms with Gasteiger partial charge in [-0.15, -0.1) is 13.2 Å². The van der Waals surface area contributed by atoms with Crippen molar-refractivity contribution in [2.24, 2.45) is 0 Å². The largest absolute Gasteiger partial charge is 0.573 e. The molecule has 0 atom stereocenters. The molecule has 0 bridgehead atoms. The Kier molecular flexibility index (Phi) is 4.45. The molecule has 0 spiro atoms. The second-order valence-corrected chi connectivity index (χ2v) is 6.28. The zero-order valence-electron chi connectivity index (χ0n) is 13.9. The minimum Gasteiger partial charge on any atom is -0.423 e. The van der Waals surface area contributed by atoms with Gasteiger partial charge in [-0.3, -0.25) is 4.79 Å². The van der Waals surface area contributed by atoms with Crippen LogP contribution in [0, 0.1) is 0 Å². The molecule has 1 heterocycles. The van der Waals surface area contributed by atoms with Crippen LogP contribution < -0.4 is 15.5 Å². The molecule has 136 valence electrons. The van der Waals surface area contributed by atoms with E-state index in [1.54, 1.807) is 26.0 Å². The van der Waals surface area contributed by atoms with Gasteiger partial charge in [0, 0.05) is 5.69 Å². The third kappa shape index (κ3) is 3.68. The number of benzene rings is 2. The van der Waals surface area contributed by atoms with E-state index in [1.807, 2.05) is 0 Å². The van der Waals surface area contributed by atoms with Crippen molar-refractivity contribution in [2.75, 3.05) is 5.32 Å². The second kappa shape index (κ2) is 6.33. The Hall–Kier alpha value is -2.52. The maximum atomic E-state index is 12.5. The quantitative estimate of drug-likeness (QED) is 0.821. The molecule has 2 N–H and O–H groups in total. The number of hydrogen-bond donors (Lipinski definition) is 2. The van der Waals surface area contributed by atoms with Gasteiger partial charge in [-0.2, -0.15) is 0 Å². The fourth-order valence-electron chi connectivity index (χ4n) is 2.87. The molecule has 2 aromatic rings. The summed E-state index contributed by atoms with van der Waals surface area (Å²) >= 11 is 0. The standard InChI is InChI=1S/C17H15BF3NO4/c1-16(2)12-8-7-10(9-13(12)18(24)26-16)22-15(23)11-5-3-4-6-14(11)25-17(19,20)21/h3-9,24H,1-2H3,(H,22,23). The normalized spacial score (nSPS) is 15.5.